The topological polar surface area (TPSA) is 63.5 Å². The maximum absolute atomic E-state index is 13.2. The van der Waals surface area contributed by atoms with Crippen LogP contribution in [-0.4, -0.2) is 52.7 Å². The second kappa shape index (κ2) is 9.03. The summed E-state index contributed by atoms with van der Waals surface area (Å²) in [6, 6.07) is 8.82. The highest BCUT2D eigenvalue weighted by Gasteiger charge is 2.24. The summed E-state index contributed by atoms with van der Waals surface area (Å²) in [7, 11) is 4.19. The van der Waals surface area contributed by atoms with Crippen molar-refractivity contribution >= 4 is 17.4 Å². The van der Waals surface area contributed by atoms with Gasteiger partial charge in [-0.2, -0.15) is 0 Å². The molecular formula is C22H23ClFN5O2. The Morgan fingerprint density at radius 1 is 1.23 bits per heavy atom. The average Bonchev–Trinajstić information content (AvgIpc) is 3.26. The molecule has 3 aromatic heterocycles. The number of hydrogen-bond donors (Lipinski definition) is 0. The van der Waals surface area contributed by atoms with E-state index in [-0.39, 0.29) is 17.2 Å². The number of rotatable bonds is 6. The van der Waals surface area contributed by atoms with Crippen molar-refractivity contribution in [2.75, 3.05) is 32.1 Å². The van der Waals surface area contributed by atoms with Crippen LogP contribution in [0.1, 0.15) is 12.1 Å². The number of hydrogen-bond acceptors (Lipinski definition) is 6. The van der Waals surface area contributed by atoms with Crippen LogP contribution in [0.2, 0.25) is 5.02 Å². The summed E-state index contributed by atoms with van der Waals surface area (Å²) >= 11 is 5.75. The summed E-state index contributed by atoms with van der Waals surface area (Å²) in [4.78, 5) is 25.5. The van der Waals surface area contributed by atoms with E-state index in [0.29, 0.717) is 23.2 Å². The van der Waals surface area contributed by atoms with Crippen LogP contribution in [0.4, 0.5) is 10.2 Å². The first kappa shape index (κ1) is 21.3. The molecular weight excluding hydrogens is 421 g/mol. The normalized spacial score (nSPS) is 16.2. The Morgan fingerprint density at radius 2 is 2.06 bits per heavy atom. The molecule has 1 aliphatic heterocycles. The lowest BCUT2D eigenvalue weighted by Gasteiger charge is -2.21. The predicted octanol–water partition coefficient (Wildman–Crippen LogP) is 3.14. The van der Waals surface area contributed by atoms with Crippen LogP contribution in [0.5, 0.6) is 5.75 Å². The summed E-state index contributed by atoms with van der Waals surface area (Å²) in [6.07, 6.45) is 5.48. The number of nitrogens with zero attached hydrogens (tertiary/aromatic N) is 5. The van der Waals surface area contributed by atoms with E-state index in [1.807, 2.05) is 12.1 Å². The molecule has 0 amide bonds. The minimum Gasteiger partial charge on any atom is -0.487 e. The van der Waals surface area contributed by atoms with Gasteiger partial charge in [0.15, 0.2) is 5.82 Å². The number of likely N-dealkylation sites (N-methyl/N-ethyl adjacent to an activating group) is 1. The Bertz CT molecular complexity index is 1120. The second-order valence-electron chi connectivity index (χ2n) is 7.68. The van der Waals surface area contributed by atoms with Gasteiger partial charge in [0.2, 0.25) is 0 Å². The first-order chi connectivity index (χ1) is 14.9. The van der Waals surface area contributed by atoms with Gasteiger partial charge in [0, 0.05) is 31.4 Å². The van der Waals surface area contributed by atoms with Gasteiger partial charge >= 0.3 is 0 Å². The van der Waals surface area contributed by atoms with Gasteiger partial charge in [-0.15, -0.1) is 0 Å². The van der Waals surface area contributed by atoms with Gasteiger partial charge in [-0.3, -0.25) is 14.3 Å². The van der Waals surface area contributed by atoms with Gasteiger partial charge in [-0.1, -0.05) is 11.6 Å². The molecule has 0 saturated carbocycles. The highest BCUT2D eigenvalue weighted by atomic mass is 35.5. The van der Waals surface area contributed by atoms with Crippen LogP contribution in [0, 0.1) is 5.82 Å². The Balaban J connectivity index is 1.43. The molecule has 1 aliphatic rings. The van der Waals surface area contributed by atoms with Crippen molar-refractivity contribution in [2.45, 2.75) is 19.1 Å². The maximum Gasteiger partial charge on any atom is 0.258 e. The fourth-order valence-corrected chi connectivity index (χ4v) is 3.71. The Labute approximate surface area is 184 Å². The third-order valence-electron chi connectivity index (χ3n) is 5.37. The molecule has 7 nitrogen and oxygen atoms in total. The number of ether oxygens (including phenoxy) is 1. The van der Waals surface area contributed by atoms with Crippen molar-refractivity contribution in [1.29, 1.82) is 0 Å². The smallest absolute Gasteiger partial charge is 0.258 e. The Kier molecular flexibility index (Phi) is 6.20. The van der Waals surface area contributed by atoms with Gasteiger partial charge in [-0.25, -0.2) is 9.37 Å². The Hall–Kier alpha value is -2.97. The molecule has 0 radical (unpaired) electrons. The lowest BCUT2D eigenvalue weighted by atomic mass is 10.2. The monoisotopic (exact) mass is 443 g/mol. The van der Waals surface area contributed by atoms with Gasteiger partial charge in [0.1, 0.15) is 18.2 Å². The molecule has 0 N–H and O–H groups in total. The van der Waals surface area contributed by atoms with Crippen molar-refractivity contribution < 1.29 is 9.13 Å². The number of pyridine rings is 3. The zero-order valence-electron chi connectivity index (χ0n) is 17.3. The summed E-state index contributed by atoms with van der Waals surface area (Å²) < 4.78 is 20.3. The van der Waals surface area contributed by atoms with Crippen LogP contribution in [0.3, 0.4) is 0 Å². The first-order valence-corrected chi connectivity index (χ1v) is 10.3. The fraction of sp³-hybridized carbons (Fsp3) is 0.318. The maximum atomic E-state index is 13.2. The molecule has 0 aliphatic carbocycles. The molecule has 9 heteroatoms. The molecule has 162 valence electrons. The third kappa shape index (κ3) is 4.86. The zero-order valence-corrected chi connectivity index (χ0v) is 18.1. The SMILES string of the molecule is CN(C)C1CCN(c2ccc(-n3ccc(OCc4cc(Cl)c(F)cn4)cc3=O)cn2)C1. The summed E-state index contributed by atoms with van der Waals surface area (Å²) in [5.74, 6) is 0.710. The van der Waals surface area contributed by atoms with Crippen LogP contribution < -0.4 is 15.2 Å². The zero-order chi connectivity index (χ0) is 22.0. The van der Waals surface area contributed by atoms with E-state index in [2.05, 4.69) is 33.9 Å². The first-order valence-electron chi connectivity index (χ1n) is 9.94. The van der Waals surface area contributed by atoms with Crippen LogP contribution in [0.25, 0.3) is 5.69 Å². The standard InChI is InChI=1S/C22H23ClFN5O2/c1-27(2)17-5-7-28(13-17)21-4-3-16(11-26-21)29-8-6-18(10-22(29)30)31-14-15-9-19(23)20(24)12-25-15/h3-4,6,8-12,17H,5,7,13-14H2,1-2H3. The van der Waals surface area contributed by atoms with Crippen LogP contribution in [-0.2, 0) is 6.61 Å². The minimum absolute atomic E-state index is 0.0221. The van der Waals surface area contributed by atoms with E-state index >= 15 is 0 Å². The quantitative estimate of drug-likeness (QED) is 0.583. The molecule has 1 unspecified atom stereocenters. The van der Waals surface area contributed by atoms with E-state index in [4.69, 9.17) is 16.3 Å². The molecule has 4 rings (SSSR count). The molecule has 1 atom stereocenters. The molecule has 3 aromatic rings. The van der Waals surface area contributed by atoms with Gasteiger partial charge in [0.05, 0.1) is 28.8 Å². The molecule has 1 fully saturated rings. The molecule has 4 heterocycles. The summed E-state index contributed by atoms with van der Waals surface area (Å²) in [5.41, 5.74) is 0.899. The van der Waals surface area contributed by atoms with E-state index in [1.165, 1.54) is 16.7 Å². The average molecular weight is 444 g/mol. The molecule has 0 spiro atoms. The van der Waals surface area contributed by atoms with Crippen molar-refractivity contribution in [3.63, 3.8) is 0 Å². The van der Waals surface area contributed by atoms with Gasteiger partial charge < -0.3 is 14.5 Å². The fourth-order valence-electron chi connectivity index (χ4n) is 3.53. The number of anilines is 1. The molecule has 0 bridgehead atoms. The number of halogens is 2. The van der Waals surface area contributed by atoms with E-state index in [9.17, 15) is 9.18 Å². The third-order valence-corrected chi connectivity index (χ3v) is 5.66. The van der Waals surface area contributed by atoms with E-state index in [1.54, 1.807) is 18.5 Å². The lowest BCUT2D eigenvalue weighted by molar-refractivity contribution is 0.300. The Morgan fingerprint density at radius 3 is 2.71 bits per heavy atom. The lowest BCUT2D eigenvalue weighted by Crippen LogP contribution is -2.31. The second-order valence-corrected chi connectivity index (χ2v) is 8.08. The highest BCUT2D eigenvalue weighted by molar-refractivity contribution is 6.30. The largest absolute Gasteiger partial charge is 0.487 e. The predicted molar refractivity (Wildman–Crippen MR) is 118 cm³/mol. The molecule has 0 aromatic carbocycles. The van der Waals surface area contributed by atoms with Crippen molar-refractivity contribution in [3.05, 3.63) is 75.8 Å². The van der Waals surface area contributed by atoms with Crippen LogP contribution in [0.15, 0.2) is 53.7 Å². The van der Waals surface area contributed by atoms with Crippen LogP contribution >= 0.6 is 11.6 Å². The molecule has 31 heavy (non-hydrogen) atoms. The summed E-state index contributed by atoms with van der Waals surface area (Å²) in [6.45, 7) is 1.98. The van der Waals surface area contributed by atoms with Gasteiger partial charge in [0.25, 0.3) is 5.56 Å². The van der Waals surface area contributed by atoms with Crippen molar-refractivity contribution in [2.24, 2.45) is 0 Å². The molecule has 1 saturated heterocycles. The highest BCUT2D eigenvalue weighted by Crippen LogP contribution is 2.21. The number of aromatic nitrogens is 3. The minimum atomic E-state index is -0.588. The van der Waals surface area contributed by atoms with E-state index < -0.39 is 5.82 Å². The summed E-state index contributed by atoms with van der Waals surface area (Å²) in [5, 5.41) is -0.0221. The van der Waals surface area contributed by atoms with E-state index in [0.717, 1.165) is 31.5 Å². The van der Waals surface area contributed by atoms with Gasteiger partial charge in [-0.05, 0) is 44.8 Å². The van der Waals surface area contributed by atoms with Crippen molar-refractivity contribution in [1.82, 2.24) is 19.4 Å². The van der Waals surface area contributed by atoms with Crippen molar-refractivity contribution in [3.8, 4) is 11.4 Å².